The van der Waals surface area contributed by atoms with Gasteiger partial charge in [0.1, 0.15) is 21.5 Å². The Morgan fingerprint density at radius 1 is 1.05 bits per heavy atom. The third-order valence-electron chi connectivity index (χ3n) is 9.09. The highest BCUT2D eigenvalue weighted by molar-refractivity contribution is 7.81. The van der Waals surface area contributed by atoms with Crippen LogP contribution in [0.2, 0.25) is 9.36 Å². The number of carbonyl (C=O) groups excluding carboxylic acids is 3. The average molecular weight is 892 g/mol. The van der Waals surface area contributed by atoms with E-state index in [2.05, 4.69) is 15.7 Å². The van der Waals surface area contributed by atoms with E-state index in [-0.39, 0.29) is 46.4 Å². The van der Waals surface area contributed by atoms with Crippen LogP contribution in [0.25, 0.3) is 11.3 Å². The van der Waals surface area contributed by atoms with Gasteiger partial charge >= 0.3 is 6.18 Å². The van der Waals surface area contributed by atoms with Gasteiger partial charge in [0, 0.05) is 37.9 Å². The van der Waals surface area contributed by atoms with Crippen LogP contribution in [0.1, 0.15) is 50.6 Å². The Morgan fingerprint density at radius 3 is 2.32 bits per heavy atom. The molecule has 1 saturated heterocycles. The van der Waals surface area contributed by atoms with Crippen molar-refractivity contribution in [2.75, 3.05) is 23.4 Å². The number of anilines is 2. The predicted molar refractivity (Wildman–Crippen MR) is 220 cm³/mol. The van der Waals surface area contributed by atoms with E-state index >= 15 is 0 Å². The van der Waals surface area contributed by atoms with Crippen LogP contribution in [0.5, 0.6) is 0 Å². The SMILES string of the molecule is CNC(=O)c1ccc(N2C(=S)N(c3ccc(C#N)c(C(F)(F)F)c3)C(=O)C2(C)C)cc1F.Cn1ncc(Cl)c1-c1cc(C(=O)N[C@H](CN)Cc2cccc(F)c2)sc1Cl. The van der Waals surface area contributed by atoms with Gasteiger partial charge in [-0.05, 0) is 92.6 Å². The van der Waals surface area contributed by atoms with Crippen LogP contribution in [0.4, 0.5) is 33.3 Å². The number of alkyl halides is 3. The number of aryl methyl sites for hydroxylation is 1. The van der Waals surface area contributed by atoms with Crippen molar-refractivity contribution in [1.29, 1.82) is 5.26 Å². The van der Waals surface area contributed by atoms with Crippen molar-refractivity contribution >= 4 is 81.0 Å². The molecule has 3 amide bonds. The topological polar surface area (TPSA) is 149 Å². The van der Waals surface area contributed by atoms with Crippen LogP contribution in [0.3, 0.4) is 0 Å². The summed E-state index contributed by atoms with van der Waals surface area (Å²) in [4.78, 5) is 40.2. The second kappa shape index (κ2) is 17.8. The number of nitrogens with two attached hydrogens (primary N) is 1. The summed E-state index contributed by atoms with van der Waals surface area (Å²) in [5, 5.41) is 18.5. The summed E-state index contributed by atoms with van der Waals surface area (Å²) in [5.41, 5.74) is 4.41. The van der Waals surface area contributed by atoms with Crippen molar-refractivity contribution in [3.05, 3.63) is 121 Å². The highest BCUT2D eigenvalue weighted by Gasteiger charge is 2.51. The molecule has 11 nitrogen and oxygen atoms in total. The maximum absolute atomic E-state index is 14.5. The van der Waals surface area contributed by atoms with Crippen LogP contribution in [-0.4, -0.2) is 57.8 Å². The van der Waals surface area contributed by atoms with Gasteiger partial charge in [0.05, 0.1) is 50.2 Å². The molecule has 1 atom stereocenters. The number of thiophene rings is 1. The molecule has 0 spiro atoms. The fourth-order valence-electron chi connectivity index (χ4n) is 6.18. The summed E-state index contributed by atoms with van der Waals surface area (Å²) >= 11 is 19.0. The van der Waals surface area contributed by atoms with Gasteiger partial charge in [0.2, 0.25) is 0 Å². The first-order valence-corrected chi connectivity index (χ1v) is 19.3. The average Bonchev–Trinajstić information content (AvgIpc) is 3.78. The van der Waals surface area contributed by atoms with E-state index < -0.39 is 40.5 Å². The number of nitrogens with one attached hydrogen (secondary N) is 2. The van der Waals surface area contributed by atoms with E-state index in [4.69, 9.17) is 46.4 Å². The van der Waals surface area contributed by atoms with Crippen molar-refractivity contribution < 1.29 is 36.3 Å². The minimum atomic E-state index is -4.82. The van der Waals surface area contributed by atoms with Crippen LogP contribution in [0.15, 0.2) is 72.9 Å². The second-order valence-corrected chi connectivity index (χ2v) is 15.8. The van der Waals surface area contributed by atoms with Crippen LogP contribution < -0.4 is 26.2 Å². The molecule has 1 aliphatic heterocycles. The molecule has 0 radical (unpaired) electrons. The van der Waals surface area contributed by atoms with Crippen molar-refractivity contribution in [2.45, 2.75) is 38.0 Å². The Morgan fingerprint density at radius 2 is 1.75 bits per heavy atom. The van der Waals surface area contributed by atoms with Gasteiger partial charge in [-0.3, -0.25) is 24.0 Å². The lowest BCUT2D eigenvalue weighted by molar-refractivity contribution is -0.137. The van der Waals surface area contributed by atoms with Gasteiger partial charge < -0.3 is 21.3 Å². The van der Waals surface area contributed by atoms with Gasteiger partial charge in [-0.2, -0.15) is 23.5 Å². The number of benzene rings is 3. The summed E-state index contributed by atoms with van der Waals surface area (Å²) in [6.45, 7) is 3.20. The minimum Gasteiger partial charge on any atom is -0.355 e. The number of hydrogen-bond acceptors (Lipinski definition) is 8. The lowest BCUT2D eigenvalue weighted by Gasteiger charge is -2.29. The molecular formula is C39H33Cl2F5N8O3S2. The standard InChI is InChI=1S/C21H16F4N4O2S.C18H17Cl2FN4OS/c1-20(2)18(31)28(12-5-4-11(10-26)15(8-12)21(23,24)25)19(32)29(20)13-6-7-14(16(22)9-13)17(30)27-3;1-25-16(14(19)9-23-25)13-7-15(27-17(13)20)18(26)24-12(8-22)6-10-3-2-4-11(21)5-10/h4-9H,1-3H3,(H,27,30);2-5,7,9,12H,6,8,22H2,1H3,(H,24,26)/t;12-/m.0/s1. The molecule has 1 aliphatic rings. The fourth-order valence-corrected chi connectivity index (χ4v) is 8.15. The zero-order valence-electron chi connectivity index (χ0n) is 31.4. The maximum Gasteiger partial charge on any atom is 0.417 e. The summed E-state index contributed by atoms with van der Waals surface area (Å²) < 4.78 is 70.1. The summed E-state index contributed by atoms with van der Waals surface area (Å²) in [7, 11) is 3.09. The van der Waals surface area contributed by atoms with Crippen LogP contribution in [-0.2, 0) is 24.4 Å². The zero-order chi connectivity index (χ0) is 43.6. The Kier molecular flexibility index (Phi) is 13.5. The number of aromatic nitrogens is 2. The molecule has 2 aromatic heterocycles. The number of amides is 3. The van der Waals surface area contributed by atoms with Gasteiger partial charge in [-0.1, -0.05) is 35.3 Å². The molecule has 1 fully saturated rings. The van der Waals surface area contributed by atoms with Gasteiger partial charge in [0.15, 0.2) is 5.11 Å². The third kappa shape index (κ3) is 9.40. The third-order valence-corrected chi connectivity index (χ3v) is 11.1. The lowest BCUT2D eigenvalue weighted by atomic mass is 10.0. The highest BCUT2D eigenvalue weighted by Crippen LogP contribution is 2.41. The van der Waals surface area contributed by atoms with E-state index in [1.807, 2.05) is 0 Å². The molecule has 0 aliphatic carbocycles. The van der Waals surface area contributed by atoms with Crippen LogP contribution in [0, 0.1) is 23.0 Å². The van der Waals surface area contributed by atoms with Crippen molar-refractivity contribution in [3.8, 4) is 17.3 Å². The van der Waals surface area contributed by atoms with E-state index in [0.717, 1.165) is 33.9 Å². The number of nitriles is 1. The summed E-state index contributed by atoms with van der Waals surface area (Å²) in [5.74, 6) is -2.76. The molecule has 3 aromatic carbocycles. The Balaban J connectivity index is 0.000000227. The van der Waals surface area contributed by atoms with Gasteiger partial charge in [-0.15, -0.1) is 11.3 Å². The van der Waals surface area contributed by atoms with Crippen molar-refractivity contribution in [1.82, 2.24) is 20.4 Å². The van der Waals surface area contributed by atoms with Crippen molar-refractivity contribution in [2.24, 2.45) is 12.8 Å². The molecule has 3 heterocycles. The predicted octanol–water partition coefficient (Wildman–Crippen LogP) is 7.89. The number of carbonyl (C=O) groups is 3. The molecular weight excluding hydrogens is 859 g/mol. The highest BCUT2D eigenvalue weighted by atomic mass is 35.5. The molecule has 0 saturated carbocycles. The van der Waals surface area contributed by atoms with Crippen molar-refractivity contribution in [3.63, 3.8) is 0 Å². The summed E-state index contributed by atoms with van der Waals surface area (Å²) in [6, 6.07) is 15.5. The van der Waals surface area contributed by atoms with Gasteiger partial charge in [0.25, 0.3) is 17.7 Å². The Labute approximate surface area is 354 Å². The van der Waals surface area contributed by atoms with E-state index in [1.54, 1.807) is 29.9 Å². The molecule has 5 aromatic rings. The molecule has 0 unspecified atom stereocenters. The lowest BCUT2D eigenvalue weighted by Crippen LogP contribution is -2.44. The molecule has 308 valence electrons. The molecule has 6 rings (SSSR count). The first-order chi connectivity index (χ1) is 27.7. The smallest absolute Gasteiger partial charge is 0.355 e. The largest absolute Gasteiger partial charge is 0.417 e. The second-order valence-electron chi connectivity index (χ2n) is 13.4. The van der Waals surface area contributed by atoms with E-state index in [9.17, 15) is 36.3 Å². The minimum absolute atomic E-state index is 0.144. The number of thiocarbonyl (C=S) groups is 1. The first kappa shape index (κ1) is 44.6. The van der Waals surface area contributed by atoms with E-state index in [1.165, 1.54) is 68.4 Å². The van der Waals surface area contributed by atoms with Gasteiger partial charge in [-0.25, -0.2) is 8.78 Å². The van der Waals surface area contributed by atoms with Crippen LogP contribution >= 0.6 is 46.8 Å². The molecule has 4 N–H and O–H groups in total. The normalized spacial score (nSPS) is 14.1. The number of hydrogen-bond donors (Lipinski definition) is 3. The fraction of sp³-hybridized carbons (Fsp3) is 0.231. The zero-order valence-corrected chi connectivity index (χ0v) is 34.6. The molecule has 20 heteroatoms. The molecule has 59 heavy (non-hydrogen) atoms. The number of halogens is 7. The Bertz CT molecular complexity index is 2480. The summed E-state index contributed by atoms with van der Waals surface area (Å²) in [6.07, 6.45) is -2.87. The maximum atomic E-state index is 14.5. The Hall–Kier alpha value is -5.45. The first-order valence-electron chi connectivity index (χ1n) is 17.3. The number of nitrogens with zero attached hydrogens (tertiary/aromatic N) is 5. The quantitative estimate of drug-likeness (QED) is 0.100. The molecule has 0 bridgehead atoms. The number of rotatable bonds is 9. The van der Waals surface area contributed by atoms with E-state index in [0.29, 0.717) is 38.0 Å². The monoisotopic (exact) mass is 890 g/mol.